The van der Waals surface area contributed by atoms with Crippen molar-refractivity contribution in [1.82, 2.24) is 0 Å². The largest absolute Gasteiger partial charge is 0.207 e. The van der Waals surface area contributed by atoms with Crippen LogP contribution >= 0.6 is 11.8 Å². The normalized spacial score (nSPS) is 11.6. The zero-order chi connectivity index (χ0) is 13.0. The van der Waals surface area contributed by atoms with E-state index in [9.17, 15) is 8.78 Å². The van der Waals surface area contributed by atoms with Crippen molar-refractivity contribution in [2.75, 3.05) is 6.26 Å². The quantitative estimate of drug-likeness (QED) is 0.714. The molecular weight excluding hydrogens is 250 g/mol. The van der Waals surface area contributed by atoms with Crippen molar-refractivity contribution in [3.8, 4) is 0 Å². The summed E-state index contributed by atoms with van der Waals surface area (Å²) in [5.41, 5.74) is 1.57. The summed E-state index contributed by atoms with van der Waals surface area (Å²) in [7, 11) is 0. The Morgan fingerprint density at radius 2 is 1.61 bits per heavy atom. The zero-order valence-electron chi connectivity index (χ0n) is 9.86. The van der Waals surface area contributed by atoms with Gasteiger partial charge in [-0.25, -0.2) is 8.78 Å². The maximum Gasteiger partial charge on any atom is 0.126 e. The lowest BCUT2D eigenvalue weighted by Crippen LogP contribution is -1.84. The van der Waals surface area contributed by atoms with E-state index in [4.69, 9.17) is 0 Å². The third-order valence-electron chi connectivity index (χ3n) is 2.46. The number of hydrogen-bond acceptors (Lipinski definition) is 1. The Morgan fingerprint density at radius 3 is 2.17 bits per heavy atom. The molecular formula is C15H12F2S. The summed E-state index contributed by atoms with van der Waals surface area (Å²) in [5, 5.41) is 0. The summed E-state index contributed by atoms with van der Waals surface area (Å²) in [5.74, 6) is -1.12. The molecule has 2 aromatic rings. The van der Waals surface area contributed by atoms with Gasteiger partial charge in [0, 0.05) is 11.0 Å². The van der Waals surface area contributed by atoms with Crippen LogP contribution in [0.5, 0.6) is 0 Å². The van der Waals surface area contributed by atoms with Crippen LogP contribution in [-0.2, 0) is 0 Å². The first-order valence-corrected chi connectivity index (χ1v) is 6.69. The average Bonchev–Trinajstić information content (AvgIpc) is 2.36. The summed E-state index contributed by atoms with van der Waals surface area (Å²) in [6.07, 6.45) is 3.72. The predicted molar refractivity (Wildman–Crippen MR) is 74.2 cm³/mol. The number of benzene rings is 2. The van der Waals surface area contributed by atoms with Crippen molar-refractivity contribution in [3.05, 3.63) is 71.3 Å². The van der Waals surface area contributed by atoms with E-state index in [-0.39, 0.29) is 0 Å². The minimum absolute atomic E-state index is 0.528. The Hall–Kier alpha value is -1.61. The fourth-order valence-electron chi connectivity index (χ4n) is 1.67. The van der Waals surface area contributed by atoms with Gasteiger partial charge in [-0.15, -0.1) is 11.8 Å². The highest BCUT2D eigenvalue weighted by Gasteiger charge is 2.02. The Labute approximate surface area is 109 Å². The number of halogens is 2. The molecule has 0 spiro atoms. The van der Waals surface area contributed by atoms with Crippen LogP contribution in [0, 0.1) is 11.6 Å². The summed E-state index contributed by atoms with van der Waals surface area (Å²) < 4.78 is 26.2. The molecule has 0 N–H and O–H groups in total. The lowest BCUT2D eigenvalue weighted by Gasteiger charge is -2.05. The van der Waals surface area contributed by atoms with Gasteiger partial charge in [0.05, 0.1) is 0 Å². The lowest BCUT2D eigenvalue weighted by atomic mass is 10.1. The zero-order valence-corrected chi connectivity index (χ0v) is 10.7. The molecule has 0 radical (unpaired) electrons. The van der Waals surface area contributed by atoms with Crippen LogP contribution in [0.4, 0.5) is 8.78 Å². The Kier molecular flexibility index (Phi) is 4.15. The second-order valence-electron chi connectivity index (χ2n) is 3.78. The van der Waals surface area contributed by atoms with Crippen molar-refractivity contribution < 1.29 is 8.78 Å². The molecule has 0 saturated carbocycles. The third kappa shape index (κ3) is 3.20. The van der Waals surface area contributed by atoms with Crippen molar-refractivity contribution in [2.45, 2.75) is 0 Å². The molecule has 0 aromatic heterocycles. The first kappa shape index (κ1) is 12.8. The van der Waals surface area contributed by atoms with E-state index in [1.54, 1.807) is 17.8 Å². The molecule has 3 heteroatoms. The van der Waals surface area contributed by atoms with E-state index < -0.39 is 11.6 Å². The standard InChI is InChI=1S/C15H12F2S/c1-18-15(12-5-3-2-4-6-12)9-11-7-13(16)10-14(17)8-11/h2-10H,1H3. The van der Waals surface area contributed by atoms with Crippen molar-refractivity contribution in [2.24, 2.45) is 0 Å². The van der Waals surface area contributed by atoms with Gasteiger partial charge in [0.25, 0.3) is 0 Å². The highest BCUT2D eigenvalue weighted by atomic mass is 32.2. The molecule has 2 rings (SSSR count). The lowest BCUT2D eigenvalue weighted by molar-refractivity contribution is 0.583. The number of rotatable bonds is 3. The van der Waals surface area contributed by atoms with Gasteiger partial charge in [-0.1, -0.05) is 30.3 Å². The van der Waals surface area contributed by atoms with Crippen molar-refractivity contribution in [1.29, 1.82) is 0 Å². The van der Waals surface area contributed by atoms with Crippen LogP contribution in [0.3, 0.4) is 0 Å². The topological polar surface area (TPSA) is 0 Å². The van der Waals surface area contributed by atoms with Crippen LogP contribution in [0.15, 0.2) is 48.5 Å². The van der Waals surface area contributed by atoms with Crippen LogP contribution < -0.4 is 0 Å². The van der Waals surface area contributed by atoms with Crippen LogP contribution in [0.1, 0.15) is 11.1 Å². The van der Waals surface area contributed by atoms with E-state index in [2.05, 4.69) is 0 Å². The average molecular weight is 262 g/mol. The molecule has 0 unspecified atom stereocenters. The molecule has 0 atom stereocenters. The molecule has 0 aliphatic heterocycles. The molecule has 2 aromatic carbocycles. The molecule has 18 heavy (non-hydrogen) atoms. The van der Waals surface area contributed by atoms with Gasteiger partial charge in [0.2, 0.25) is 0 Å². The molecule has 0 saturated heterocycles. The van der Waals surface area contributed by atoms with E-state index in [0.29, 0.717) is 5.56 Å². The predicted octanol–water partition coefficient (Wildman–Crippen LogP) is 4.83. The van der Waals surface area contributed by atoms with E-state index >= 15 is 0 Å². The molecule has 0 aliphatic carbocycles. The highest BCUT2D eigenvalue weighted by Crippen LogP contribution is 2.27. The van der Waals surface area contributed by atoms with Gasteiger partial charge in [0.1, 0.15) is 11.6 Å². The second-order valence-corrected chi connectivity index (χ2v) is 4.63. The Bertz CT molecular complexity index is 542. The Balaban J connectivity index is 2.41. The maximum absolute atomic E-state index is 13.1. The molecule has 0 aliphatic rings. The van der Waals surface area contributed by atoms with Gasteiger partial charge >= 0.3 is 0 Å². The van der Waals surface area contributed by atoms with Gasteiger partial charge < -0.3 is 0 Å². The van der Waals surface area contributed by atoms with Gasteiger partial charge in [-0.2, -0.15) is 0 Å². The smallest absolute Gasteiger partial charge is 0.126 e. The first-order valence-electron chi connectivity index (χ1n) is 5.46. The molecule has 0 amide bonds. The third-order valence-corrected chi connectivity index (χ3v) is 3.25. The fourth-order valence-corrected chi connectivity index (χ4v) is 2.30. The summed E-state index contributed by atoms with van der Waals surface area (Å²) in [6.45, 7) is 0. The minimum Gasteiger partial charge on any atom is -0.207 e. The second kappa shape index (κ2) is 5.83. The van der Waals surface area contributed by atoms with E-state index in [0.717, 1.165) is 16.5 Å². The molecule has 0 nitrogen and oxygen atoms in total. The fraction of sp³-hybridized carbons (Fsp3) is 0.0667. The van der Waals surface area contributed by atoms with E-state index in [1.165, 1.54) is 12.1 Å². The van der Waals surface area contributed by atoms with Gasteiger partial charge in [-0.3, -0.25) is 0 Å². The van der Waals surface area contributed by atoms with Crippen LogP contribution in [0.25, 0.3) is 11.0 Å². The summed E-state index contributed by atoms with van der Waals surface area (Å²) in [6, 6.07) is 13.3. The van der Waals surface area contributed by atoms with Crippen LogP contribution in [0.2, 0.25) is 0 Å². The minimum atomic E-state index is -0.560. The first-order chi connectivity index (χ1) is 8.69. The van der Waals surface area contributed by atoms with Crippen molar-refractivity contribution >= 4 is 22.7 Å². The molecule has 0 heterocycles. The maximum atomic E-state index is 13.1. The highest BCUT2D eigenvalue weighted by molar-refractivity contribution is 8.07. The van der Waals surface area contributed by atoms with Crippen molar-refractivity contribution in [3.63, 3.8) is 0 Å². The van der Waals surface area contributed by atoms with Crippen LogP contribution in [-0.4, -0.2) is 6.26 Å². The van der Waals surface area contributed by atoms with E-state index in [1.807, 2.05) is 36.6 Å². The molecule has 0 bridgehead atoms. The summed E-state index contributed by atoms with van der Waals surface area (Å²) >= 11 is 1.55. The Morgan fingerprint density at radius 1 is 1.00 bits per heavy atom. The molecule has 92 valence electrons. The van der Waals surface area contributed by atoms with Gasteiger partial charge in [-0.05, 0) is 35.6 Å². The number of thioether (sulfide) groups is 1. The monoisotopic (exact) mass is 262 g/mol. The molecule has 0 fully saturated rings. The summed E-state index contributed by atoms with van der Waals surface area (Å²) in [4.78, 5) is 0.973. The van der Waals surface area contributed by atoms with Gasteiger partial charge in [0.15, 0.2) is 0 Å². The number of hydrogen-bond donors (Lipinski definition) is 0. The SMILES string of the molecule is CSC(=Cc1cc(F)cc(F)c1)c1ccccc1.